The first-order valence-corrected chi connectivity index (χ1v) is 7.18. The molecule has 2 N–H and O–H groups in total. The van der Waals surface area contributed by atoms with E-state index < -0.39 is 0 Å². The van der Waals surface area contributed by atoms with Crippen LogP contribution in [-0.2, 0) is 4.74 Å². The standard InChI is InChI=1S/C16H19N3OS/c1-12(18-19-16(21)17-9-10-20-2)14-8-7-13-5-3-4-6-15(13)11-14/h3-8,11H,9-10H2,1-2H3,(H2,17,19,21)/b18-12+. The van der Waals surface area contributed by atoms with E-state index >= 15 is 0 Å². The zero-order valence-electron chi connectivity index (χ0n) is 12.2. The Morgan fingerprint density at radius 1 is 1.19 bits per heavy atom. The van der Waals surface area contributed by atoms with Crippen LogP contribution < -0.4 is 10.7 Å². The summed E-state index contributed by atoms with van der Waals surface area (Å²) in [4.78, 5) is 0. The number of hydrogen-bond acceptors (Lipinski definition) is 3. The van der Waals surface area contributed by atoms with Crippen LogP contribution in [0.4, 0.5) is 0 Å². The van der Waals surface area contributed by atoms with Gasteiger partial charge >= 0.3 is 0 Å². The quantitative estimate of drug-likeness (QED) is 0.386. The Morgan fingerprint density at radius 2 is 1.95 bits per heavy atom. The number of rotatable bonds is 5. The summed E-state index contributed by atoms with van der Waals surface area (Å²) in [6.45, 7) is 3.22. The highest BCUT2D eigenvalue weighted by atomic mass is 32.1. The van der Waals surface area contributed by atoms with Gasteiger partial charge in [-0.2, -0.15) is 5.10 Å². The normalized spacial score (nSPS) is 11.4. The van der Waals surface area contributed by atoms with Crippen LogP contribution in [0.3, 0.4) is 0 Å². The summed E-state index contributed by atoms with van der Waals surface area (Å²) in [5.74, 6) is 0. The van der Waals surface area contributed by atoms with Crippen molar-refractivity contribution in [1.29, 1.82) is 0 Å². The van der Waals surface area contributed by atoms with Gasteiger partial charge < -0.3 is 10.1 Å². The Bertz CT molecular complexity index is 655. The number of nitrogens with zero attached hydrogens (tertiary/aromatic N) is 1. The second-order valence-electron chi connectivity index (χ2n) is 4.62. The van der Waals surface area contributed by atoms with E-state index in [2.05, 4.69) is 46.2 Å². The molecule has 4 nitrogen and oxygen atoms in total. The fourth-order valence-corrected chi connectivity index (χ4v) is 2.07. The molecule has 0 atom stereocenters. The number of benzene rings is 2. The first kappa shape index (κ1) is 15.4. The molecule has 0 saturated heterocycles. The number of thiocarbonyl (C=S) groups is 1. The Kier molecular flexibility index (Phi) is 5.66. The second-order valence-corrected chi connectivity index (χ2v) is 5.03. The zero-order valence-corrected chi connectivity index (χ0v) is 13.0. The van der Waals surface area contributed by atoms with Crippen molar-refractivity contribution in [3.8, 4) is 0 Å². The lowest BCUT2D eigenvalue weighted by Gasteiger charge is -2.08. The molecule has 2 aromatic carbocycles. The number of hydrogen-bond donors (Lipinski definition) is 2. The van der Waals surface area contributed by atoms with Gasteiger partial charge in [0.2, 0.25) is 0 Å². The molecule has 0 aliphatic carbocycles. The minimum atomic E-state index is 0.493. The van der Waals surface area contributed by atoms with E-state index in [0.29, 0.717) is 18.3 Å². The maximum absolute atomic E-state index is 5.13. The fourth-order valence-electron chi connectivity index (χ4n) is 1.92. The molecule has 0 aliphatic rings. The van der Waals surface area contributed by atoms with Gasteiger partial charge in [-0.1, -0.05) is 36.4 Å². The van der Waals surface area contributed by atoms with E-state index in [4.69, 9.17) is 17.0 Å². The summed E-state index contributed by atoms with van der Waals surface area (Å²) in [6, 6.07) is 14.5. The number of hydrazone groups is 1. The van der Waals surface area contributed by atoms with Crippen molar-refractivity contribution >= 4 is 33.8 Å². The third kappa shape index (κ3) is 4.51. The molecule has 0 spiro atoms. The maximum atomic E-state index is 5.13. The molecule has 0 aliphatic heterocycles. The molecule has 0 heterocycles. The van der Waals surface area contributed by atoms with E-state index in [9.17, 15) is 0 Å². The summed E-state index contributed by atoms with van der Waals surface area (Å²) < 4.78 is 4.94. The van der Waals surface area contributed by atoms with Crippen molar-refractivity contribution in [3.05, 3.63) is 48.0 Å². The minimum Gasteiger partial charge on any atom is -0.383 e. The first-order valence-electron chi connectivity index (χ1n) is 6.77. The van der Waals surface area contributed by atoms with Crippen molar-refractivity contribution in [3.63, 3.8) is 0 Å². The maximum Gasteiger partial charge on any atom is 0.187 e. The fraction of sp³-hybridized carbons (Fsp3) is 0.250. The van der Waals surface area contributed by atoms with E-state index in [1.165, 1.54) is 10.8 Å². The molecule has 0 radical (unpaired) electrons. The smallest absolute Gasteiger partial charge is 0.187 e. The van der Waals surface area contributed by atoms with Crippen LogP contribution in [0.15, 0.2) is 47.6 Å². The number of ether oxygens (including phenoxy) is 1. The molecule has 0 fully saturated rings. The molecule has 0 amide bonds. The molecule has 2 rings (SSSR count). The largest absolute Gasteiger partial charge is 0.383 e. The van der Waals surface area contributed by atoms with Crippen molar-refractivity contribution in [2.24, 2.45) is 5.10 Å². The highest BCUT2D eigenvalue weighted by molar-refractivity contribution is 7.80. The molecular formula is C16H19N3OS. The summed E-state index contributed by atoms with van der Waals surface area (Å²) >= 11 is 5.13. The van der Waals surface area contributed by atoms with Crippen molar-refractivity contribution in [1.82, 2.24) is 10.7 Å². The van der Waals surface area contributed by atoms with Gasteiger partial charge in [0.15, 0.2) is 5.11 Å². The Hall–Kier alpha value is -1.98. The molecule has 110 valence electrons. The lowest BCUT2D eigenvalue weighted by Crippen LogP contribution is -2.34. The predicted molar refractivity (Wildman–Crippen MR) is 91.8 cm³/mol. The van der Waals surface area contributed by atoms with Crippen molar-refractivity contribution in [2.45, 2.75) is 6.92 Å². The Morgan fingerprint density at radius 3 is 2.71 bits per heavy atom. The van der Waals surface area contributed by atoms with Gasteiger partial charge in [0.1, 0.15) is 0 Å². The number of methoxy groups -OCH3 is 1. The highest BCUT2D eigenvalue weighted by Gasteiger charge is 2.00. The molecule has 0 bridgehead atoms. The van der Waals surface area contributed by atoms with E-state index in [-0.39, 0.29) is 0 Å². The third-order valence-electron chi connectivity index (χ3n) is 3.08. The van der Waals surface area contributed by atoms with Crippen LogP contribution in [0.5, 0.6) is 0 Å². The number of fused-ring (bicyclic) bond motifs is 1. The van der Waals surface area contributed by atoms with Crippen LogP contribution in [-0.4, -0.2) is 31.1 Å². The van der Waals surface area contributed by atoms with Crippen LogP contribution >= 0.6 is 12.2 Å². The molecule has 0 aromatic heterocycles. The highest BCUT2D eigenvalue weighted by Crippen LogP contribution is 2.15. The van der Waals surface area contributed by atoms with E-state index in [1.807, 2.05) is 19.1 Å². The predicted octanol–water partition coefficient (Wildman–Crippen LogP) is 2.67. The molecule has 21 heavy (non-hydrogen) atoms. The monoisotopic (exact) mass is 301 g/mol. The van der Waals surface area contributed by atoms with Crippen molar-refractivity contribution in [2.75, 3.05) is 20.3 Å². The van der Waals surface area contributed by atoms with Crippen LogP contribution in [0.2, 0.25) is 0 Å². The van der Waals surface area contributed by atoms with Crippen LogP contribution in [0, 0.1) is 0 Å². The van der Waals surface area contributed by atoms with E-state index in [0.717, 1.165) is 11.3 Å². The Balaban J connectivity index is 2.01. The molecule has 0 saturated carbocycles. The van der Waals surface area contributed by atoms with Gasteiger partial charge in [0.05, 0.1) is 12.3 Å². The lowest BCUT2D eigenvalue weighted by molar-refractivity contribution is 0.204. The van der Waals surface area contributed by atoms with Crippen LogP contribution in [0.25, 0.3) is 10.8 Å². The summed E-state index contributed by atoms with van der Waals surface area (Å²) in [7, 11) is 1.65. The first-order chi connectivity index (χ1) is 10.2. The van der Waals surface area contributed by atoms with Gasteiger partial charge in [0.25, 0.3) is 0 Å². The van der Waals surface area contributed by atoms with Crippen molar-refractivity contribution < 1.29 is 4.74 Å². The van der Waals surface area contributed by atoms with E-state index in [1.54, 1.807) is 7.11 Å². The average Bonchev–Trinajstić information content (AvgIpc) is 2.52. The SMILES string of the molecule is COCCNC(=S)N/N=C(\C)c1ccc2ccccc2c1. The molecule has 0 unspecified atom stereocenters. The Labute approximate surface area is 130 Å². The van der Waals surface area contributed by atoms with Gasteiger partial charge in [0, 0.05) is 13.7 Å². The molecular weight excluding hydrogens is 282 g/mol. The summed E-state index contributed by atoms with van der Waals surface area (Å²) in [6.07, 6.45) is 0. The van der Waals surface area contributed by atoms with Gasteiger partial charge in [-0.3, -0.25) is 5.43 Å². The third-order valence-corrected chi connectivity index (χ3v) is 3.32. The lowest BCUT2D eigenvalue weighted by atomic mass is 10.0. The van der Waals surface area contributed by atoms with Gasteiger partial charge in [-0.15, -0.1) is 0 Å². The zero-order chi connectivity index (χ0) is 15.1. The average molecular weight is 301 g/mol. The molecule has 2 aromatic rings. The van der Waals surface area contributed by atoms with Gasteiger partial charge in [-0.25, -0.2) is 0 Å². The minimum absolute atomic E-state index is 0.493. The summed E-state index contributed by atoms with van der Waals surface area (Å²) in [5.41, 5.74) is 4.80. The second kappa shape index (κ2) is 7.71. The topological polar surface area (TPSA) is 45.6 Å². The molecule has 5 heteroatoms. The van der Waals surface area contributed by atoms with Gasteiger partial charge in [-0.05, 0) is 41.5 Å². The van der Waals surface area contributed by atoms with Crippen LogP contribution in [0.1, 0.15) is 12.5 Å². The number of nitrogens with one attached hydrogen (secondary N) is 2. The summed E-state index contributed by atoms with van der Waals surface area (Å²) in [5, 5.41) is 10.2.